The van der Waals surface area contributed by atoms with Crippen molar-refractivity contribution in [3.8, 4) is 0 Å². The maximum atomic E-state index is 10.9. The highest BCUT2D eigenvalue weighted by Crippen LogP contribution is 2.15. The Morgan fingerprint density at radius 2 is 1.67 bits per heavy atom. The zero-order chi connectivity index (χ0) is 14.3. The monoisotopic (exact) mass is 250 g/mol. The Balaban J connectivity index is 0.000000360. The summed E-state index contributed by atoms with van der Waals surface area (Å²) in [6, 6.07) is 4.88. The zero-order valence-corrected chi connectivity index (χ0v) is 10.8. The third kappa shape index (κ3) is 5.25. The lowest BCUT2D eigenvalue weighted by Gasteiger charge is -2.01. The van der Waals surface area contributed by atoms with Crippen LogP contribution in [0.3, 0.4) is 0 Å². The first-order chi connectivity index (χ1) is 8.29. The minimum absolute atomic E-state index is 0.0604. The molecule has 98 valence electrons. The van der Waals surface area contributed by atoms with Gasteiger partial charge in [0.05, 0.1) is 0 Å². The predicted octanol–water partition coefficient (Wildman–Crippen LogP) is 1.61. The second-order valence-corrected chi connectivity index (χ2v) is 3.74. The minimum Gasteiger partial charge on any atom is -0.399 e. The van der Waals surface area contributed by atoms with Gasteiger partial charge in [-0.25, -0.2) is 0 Å². The average Bonchev–Trinajstić information content (AvgIpc) is 2.31. The molecule has 0 spiro atoms. The molecule has 1 aromatic rings. The van der Waals surface area contributed by atoms with Gasteiger partial charge in [-0.1, -0.05) is 6.92 Å². The number of Topliss-reactive ketones (excluding diaryl/α,β-unsaturated/α-hetero) is 3. The maximum absolute atomic E-state index is 10.9. The molecule has 0 atom stereocenters. The summed E-state index contributed by atoms with van der Waals surface area (Å²) in [5, 5.41) is 0. The summed E-state index contributed by atoms with van der Waals surface area (Å²) in [5.41, 5.74) is 12.5. The quantitative estimate of drug-likeness (QED) is 0.482. The van der Waals surface area contributed by atoms with Gasteiger partial charge in [-0.05, 0) is 25.1 Å². The first-order valence-electron chi connectivity index (χ1n) is 5.49. The molecule has 5 heteroatoms. The lowest BCUT2D eigenvalue weighted by Crippen LogP contribution is -2.06. The molecule has 0 fully saturated rings. The molecule has 0 aliphatic rings. The largest absolute Gasteiger partial charge is 0.399 e. The number of ketones is 3. The molecule has 0 aliphatic carbocycles. The van der Waals surface area contributed by atoms with Crippen molar-refractivity contribution in [3.63, 3.8) is 0 Å². The number of nitrogens with two attached hydrogens (primary N) is 2. The van der Waals surface area contributed by atoms with Gasteiger partial charge >= 0.3 is 0 Å². The van der Waals surface area contributed by atoms with Crippen LogP contribution >= 0.6 is 0 Å². The van der Waals surface area contributed by atoms with Crippen LogP contribution < -0.4 is 11.5 Å². The smallest absolute Gasteiger partial charge is 0.197 e. The summed E-state index contributed by atoms with van der Waals surface area (Å²) in [6.07, 6.45) is 0.329. The van der Waals surface area contributed by atoms with Crippen LogP contribution in [0.4, 0.5) is 11.4 Å². The molecule has 1 rings (SSSR count). The van der Waals surface area contributed by atoms with Gasteiger partial charge in [0.25, 0.3) is 0 Å². The molecule has 1 aromatic carbocycles. The van der Waals surface area contributed by atoms with Crippen molar-refractivity contribution >= 4 is 28.7 Å². The standard InChI is InChI=1S/C8H10N2O.C5H8O2/c1-5(11)7-4-6(9)2-3-8(7)10;1-3-5(7)4(2)6/h2-4H,9-10H2,1H3;3H2,1-2H3. The fraction of sp³-hybridized carbons (Fsp3) is 0.308. The molecule has 18 heavy (non-hydrogen) atoms. The van der Waals surface area contributed by atoms with Crippen LogP contribution in [0.2, 0.25) is 0 Å². The van der Waals surface area contributed by atoms with E-state index in [0.29, 0.717) is 23.4 Å². The van der Waals surface area contributed by atoms with Gasteiger partial charge in [0.15, 0.2) is 17.3 Å². The van der Waals surface area contributed by atoms with E-state index in [1.165, 1.54) is 13.8 Å². The Morgan fingerprint density at radius 1 is 1.11 bits per heavy atom. The summed E-state index contributed by atoms with van der Waals surface area (Å²) < 4.78 is 0. The van der Waals surface area contributed by atoms with Crippen LogP contribution in [0.1, 0.15) is 37.6 Å². The van der Waals surface area contributed by atoms with Crippen LogP contribution in [-0.4, -0.2) is 17.3 Å². The van der Waals surface area contributed by atoms with E-state index in [9.17, 15) is 14.4 Å². The number of carbonyl (C=O) groups excluding carboxylic acids is 3. The SMILES string of the molecule is CC(=O)c1cc(N)ccc1N.CCC(=O)C(C)=O. The molecule has 0 saturated heterocycles. The Labute approximate surface area is 106 Å². The van der Waals surface area contributed by atoms with E-state index in [0.717, 1.165) is 0 Å². The third-order valence-electron chi connectivity index (χ3n) is 2.17. The van der Waals surface area contributed by atoms with Crippen molar-refractivity contribution in [1.82, 2.24) is 0 Å². The molecule has 4 N–H and O–H groups in total. The Morgan fingerprint density at radius 3 is 1.94 bits per heavy atom. The van der Waals surface area contributed by atoms with Gasteiger partial charge < -0.3 is 11.5 Å². The maximum Gasteiger partial charge on any atom is 0.197 e. The molecule has 0 aliphatic heterocycles. The molecular formula is C13H18N2O3. The van der Waals surface area contributed by atoms with E-state index in [1.54, 1.807) is 25.1 Å². The number of carbonyl (C=O) groups is 3. The Kier molecular flexibility index (Phi) is 6.34. The number of rotatable bonds is 3. The van der Waals surface area contributed by atoms with Crippen molar-refractivity contribution in [3.05, 3.63) is 23.8 Å². The normalized spacial score (nSPS) is 9.06. The molecule has 0 heterocycles. The van der Waals surface area contributed by atoms with Gasteiger partial charge in [-0.2, -0.15) is 0 Å². The second-order valence-electron chi connectivity index (χ2n) is 3.74. The van der Waals surface area contributed by atoms with Gasteiger partial charge in [-0.15, -0.1) is 0 Å². The van der Waals surface area contributed by atoms with E-state index >= 15 is 0 Å². The van der Waals surface area contributed by atoms with E-state index in [-0.39, 0.29) is 17.3 Å². The number of anilines is 2. The molecule has 0 bridgehead atoms. The topological polar surface area (TPSA) is 103 Å². The van der Waals surface area contributed by atoms with Crippen LogP contribution in [0.15, 0.2) is 18.2 Å². The highest BCUT2D eigenvalue weighted by molar-refractivity contribution is 6.36. The van der Waals surface area contributed by atoms with Crippen LogP contribution in [0, 0.1) is 0 Å². The van der Waals surface area contributed by atoms with Gasteiger partial charge in [-0.3, -0.25) is 14.4 Å². The van der Waals surface area contributed by atoms with E-state index < -0.39 is 0 Å². The van der Waals surface area contributed by atoms with Crippen LogP contribution in [-0.2, 0) is 9.59 Å². The lowest BCUT2D eigenvalue weighted by molar-refractivity contribution is -0.135. The van der Waals surface area contributed by atoms with Crippen molar-refractivity contribution in [1.29, 1.82) is 0 Å². The number of nitrogen functional groups attached to an aromatic ring is 2. The summed E-state index contributed by atoms with van der Waals surface area (Å²) >= 11 is 0. The van der Waals surface area contributed by atoms with Crippen molar-refractivity contribution in [2.75, 3.05) is 11.5 Å². The molecular weight excluding hydrogens is 232 g/mol. The number of hydrogen-bond donors (Lipinski definition) is 2. The third-order valence-corrected chi connectivity index (χ3v) is 2.17. The highest BCUT2D eigenvalue weighted by Gasteiger charge is 2.03. The fourth-order valence-corrected chi connectivity index (χ4v) is 1.13. The highest BCUT2D eigenvalue weighted by atomic mass is 16.2. The van der Waals surface area contributed by atoms with Gasteiger partial charge in [0, 0.05) is 30.3 Å². The summed E-state index contributed by atoms with van der Waals surface area (Å²) in [7, 11) is 0. The summed E-state index contributed by atoms with van der Waals surface area (Å²) in [4.78, 5) is 31.1. The van der Waals surface area contributed by atoms with Crippen LogP contribution in [0.5, 0.6) is 0 Å². The van der Waals surface area contributed by atoms with Crippen LogP contribution in [0.25, 0.3) is 0 Å². The number of hydrogen-bond acceptors (Lipinski definition) is 5. The Hall–Kier alpha value is -2.17. The minimum atomic E-state index is -0.345. The van der Waals surface area contributed by atoms with Gasteiger partial charge in [0.2, 0.25) is 0 Å². The molecule has 0 aromatic heterocycles. The fourth-order valence-electron chi connectivity index (χ4n) is 1.13. The average molecular weight is 250 g/mol. The van der Waals surface area contributed by atoms with Gasteiger partial charge in [0.1, 0.15) is 0 Å². The Bertz CT molecular complexity index is 467. The van der Waals surface area contributed by atoms with E-state index in [2.05, 4.69) is 0 Å². The van der Waals surface area contributed by atoms with E-state index in [1.807, 2.05) is 0 Å². The van der Waals surface area contributed by atoms with Crippen molar-refractivity contribution in [2.24, 2.45) is 0 Å². The zero-order valence-electron chi connectivity index (χ0n) is 10.8. The van der Waals surface area contributed by atoms with E-state index in [4.69, 9.17) is 11.5 Å². The second kappa shape index (κ2) is 7.21. The predicted molar refractivity (Wildman–Crippen MR) is 71.3 cm³/mol. The molecule has 0 amide bonds. The van der Waals surface area contributed by atoms with Crippen molar-refractivity contribution < 1.29 is 14.4 Å². The summed E-state index contributed by atoms with van der Waals surface area (Å²) in [5.74, 6) is -0.697. The number of benzene rings is 1. The summed E-state index contributed by atoms with van der Waals surface area (Å²) in [6.45, 7) is 4.42. The molecule has 0 saturated carbocycles. The molecule has 5 nitrogen and oxygen atoms in total. The van der Waals surface area contributed by atoms with Crippen molar-refractivity contribution in [2.45, 2.75) is 27.2 Å². The first kappa shape index (κ1) is 15.8. The molecule has 0 radical (unpaired) electrons. The molecule has 0 unspecified atom stereocenters. The lowest BCUT2D eigenvalue weighted by atomic mass is 10.1. The first-order valence-corrected chi connectivity index (χ1v) is 5.49.